The predicted octanol–water partition coefficient (Wildman–Crippen LogP) is 2.89. The lowest BCUT2D eigenvalue weighted by Gasteiger charge is -2.32. The van der Waals surface area contributed by atoms with Crippen molar-refractivity contribution in [1.29, 1.82) is 0 Å². The van der Waals surface area contributed by atoms with E-state index in [0.717, 1.165) is 12.3 Å². The smallest absolute Gasteiger partial charge is 0.119 e. The first-order chi connectivity index (χ1) is 9.12. The number of nitrogens with zero attached hydrogens (tertiary/aromatic N) is 1. The van der Waals surface area contributed by atoms with E-state index in [4.69, 9.17) is 10.5 Å². The van der Waals surface area contributed by atoms with Crippen molar-refractivity contribution in [2.24, 2.45) is 11.7 Å². The number of likely N-dealkylation sites (N-methyl/N-ethyl adjacent to an activating group) is 1. The third kappa shape index (κ3) is 4.84. The molecule has 3 nitrogen and oxygen atoms in total. The van der Waals surface area contributed by atoms with Crippen LogP contribution < -0.4 is 10.5 Å². The van der Waals surface area contributed by atoms with Gasteiger partial charge in [-0.3, -0.25) is 4.90 Å². The van der Waals surface area contributed by atoms with Crippen LogP contribution in [0.1, 0.15) is 32.3 Å². The Hall–Kier alpha value is -1.06. The molecular formula is C16H28N2O. The highest BCUT2D eigenvalue weighted by atomic mass is 16.5. The summed E-state index contributed by atoms with van der Waals surface area (Å²) in [6.07, 6.45) is 2.44. The SMILES string of the molecule is CCCC(C)C(CN)N(C)Cc1cccc(OC)c1. The average Bonchev–Trinajstić information content (AvgIpc) is 2.40. The number of benzene rings is 1. The van der Waals surface area contributed by atoms with Crippen molar-refractivity contribution in [2.45, 2.75) is 39.3 Å². The van der Waals surface area contributed by atoms with Crippen LogP contribution in [0.5, 0.6) is 5.75 Å². The number of methoxy groups -OCH3 is 1. The second-order valence-corrected chi connectivity index (χ2v) is 5.34. The normalized spacial score (nSPS) is 14.4. The van der Waals surface area contributed by atoms with Gasteiger partial charge in [0.1, 0.15) is 5.75 Å². The molecule has 0 aromatic heterocycles. The molecule has 1 aromatic rings. The molecule has 2 unspecified atom stereocenters. The molecule has 0 aliphatic carbocycles. The van der Waals surface area contributed by atoms with E-state index in [1.54, 1.807) is 7.11 Å². The van der Waals surface area contributed by atoms with Crippen molar-refractivity contribution in [2.75, 3.05) is 20.7 Å². The van der Waals surface area contributed by atoms with E-state index >= 15 is 0 Å². The summed E-state index contributed by atoms with van der Waals surface area (Å²) in [7, 11) is 3.86. The number of hydrogen-bond donors (Lipinski definition) is 1. The summed E-state index contributed by atoms with van der Waals surface area (Å²) in [6.45, 7) is 6.14. The lowest BCUT2D eigenvalue weighted by Crippen LogP contribution is -2.42. The molecule has 0 aliphatic rings. The van der Waals surface area contributed by atoms with Crippen LogP contribution in [-0.2, 0) is 6.54 Å². The van der Waals surface area contributed by atoms with Gasteiger partial charge in [-0.1, -0.05) is 32.4 Å². The third-order valence-electron chi connectivity index (χ3n) is 3.77. The van der Waals surface area contributed by atoms with Crippen LogP contribution in [0.3, 0.4) is 0 Å². The van der Waals surface area contributed by atoms with Crippen molar-refractivity contribution in [3.63, 3.8) is 0 Å². The number of ether oxygens (including phenoxy) is 1. The lowest BCUT2D eigenvalue weighted by atomic mass is 9.95. The van der Waals surface area contributed by atoms with Crippen LogP contribution in [0, 0.1) is 5.92 Å². The predicted molar refractivity (Wildman–Crippen MR) is 81.4 cm³/mol. The average molecular weight is 264 g/mol. The maximum atomic E-state index is 5.95. The molecule has 2 N–H and O–H groups in total. The largest absolute Gasteiger partial charge is 0.497 e. The summed E-state index contributed by atoms with van der Waals surface area (Å²) in [5, 5.41) is 0. The summed E-state index contributed by atoms with van der Waals surface area (Å²) in [5.41, 5.74) is 7.22. The van der Waals surface area contributed by atoms with Crippen molar-refractivity contribution >= 4 is 0 Å². The molecule has 108 valence electrons. The Morgan fingerprint density at radius 1 is 1.37 bits per heavy atom. The summed E-state index contributed by atoms with van der Waals surface area (Å²) in [6, 6.07) is 8.68. The first-order valence-corrected chi connectivity index (χ1v) is 7.15. The van der Waals surface area contributed by atoms with Crippen LogP contribution in [0.4, 0.5) is 0 Å². The molecule has 19 heavy (non-hydrogen) atoms. The zero-order valence-electron chi connectivity index (χ0n) is 12.7. The molecule has 1 rings (SSSR count). The maximum absolute atomic E-state index is 5.95. The van der Waals surface area contributed by atoms with E-state index < -0.39 is 0 Å². The highest BCUT2D eigenvalue weighted by Gasteiger charge is 2.19. The second-order valence-electron chi connectivity index (χ2n) is 5.34. The van der Waals surface area contributed by atoms with Crippen molar-refractivity contribution in [3.05, 3.63) is 29.8 Å². The fourth-order valence-electron chi connectivity index (χ4n) is 2.67. The van der Waals surface area contributed by atoms with Gasteiger partial charge in [-0.05, 0) is 37.1 Å². The third-order valence-corrected chi connectivity index (χ3v) is 3.77. The second kappa shape index (κ2) is 8.18. The Morgan fingerprint density at radius 3 is 2.68 bits per heavy atom. The molecule has 0 bridgehead atoms. The highest BCUT2D eigenvalue weighted by Crippen LogP contribution is 2.19. The van der Waals surface area contributed by atoms with Gasteiger partial charge in [0, 0.05) is 19.1 Å². The quantitative estimate of drug-likeness (QED) is 0.784. The van der Waals surface area contributed by atoms with Crippen LogP contribution in [0.15, 0.2) is 24.3 Å². The molecule has 1 aromatic carbocycles. The Balaban J connectivity index is 2.67. The van der Waals surface area contributed by atoms with Crippen LogP contribution in [-0.4, -0.2) is 31.6 Å². The van der Waals surface area contributed by atoms with Gasteiger partial charge in [0.15, 0.2) is 0 Å². The first kappa shape index (κ1) is 16.0. The molecule has 0 radical (unpaired) electrons. The van der Waals surface area contributed by atoms with Crippen molar-refractivity contribution in [1.82, 2.24) is 4.90 Å². The number of nitrogens with two attached hydrogens (primary N) is 1. The molecular weight excluding hydrogens is 236 g/mol. The molecule has 2 atom stereocenters. The molecule has 0 spiro atoms. The van der Waals surface area contributed by atoms with Gasteiger partial charge in [0.25, 0.3) is 0 Å². The molecule has 0 amide bonds. The summed E-state index contributed by atoms with van der Waals surface area (Å²) in [4.78, 5) is 2.36. The molecule has 3 heteroatoms. The number of hydrogen-bond acceptors (Lipinski definition) is 3. The van der Waals surface area contributed by atoms with Gasteiger partial charge in [-0.2, -0.15) is 0 Å². The van der Waals surface area contributed by atoms with E-state index in [2.05, 4.69) is 37.9 Å². The van der Waals surface area contributed by atoms with Gasteiger partial charge in [0.05, 0.1) is 7.11 Å². The summed E-state index contributed by atoms with van der Waals surface area (Å²) in [5.74, 6) is 1.54. The zero-order valence-corrected chi connectivity index (χ0v) is 12.7. The first-order valence-electron chi connectivity index (χ1n) is 7.15. The molecule has 0 saturated carbocycles. The minimum atomic E-state index is 0.436. The summed E-state index contributed by atoms with van der Waals surface area (Å²) >= 11 is 0. The van der Waals surface area contributed by atoms with E-state index in [1.165, 1.54) is 18.4 Å². The van der Waals surface area contributed by atoms with E-state index in [1.807, 2.05) is 12.1 Å². The Kier molecular flexibility index (Phi) is 6.89. The fraction of sp³-hybridized carbons (Fsp3) is 0.625. The van der Waals surface area contributed by atoms with Gasteiger partial charge in [-0.25, -0.2) is 0 Å². The molecule has 0 aliphatic heterocycles. The Bertz CT molecular complexity index is 368. The molecule has 0 saturated heterocycles. The van der Waals surface area contributed by atoms with Gasteiger partial charge in [-0.15, -0.1) is 0 Å². The standard InChI is InChI=1S/C16H28N2O/c1-5-7-13(2)16(11-17)18(3)12-14-8-6-9-15(10-14)19-4/h6,8-10,13,16H,5,7,11-12,17H2,1-4H3. The zero-order chi connectivity index (χ0) is 14.3. The molecule has 0 fully saturated rings. The highest BCUT2D eigenvalue weighted by molar-refractivity contribution is 5.28. The topological polar surface area (TPSA) is 38.5 Å². The van der Waals surface area contributed by atoms with Gasteiger partial charge in [0.2, 0.25) is 0 Å². The minimum Gasteiger partial charge on any atom is -0.497 e. The van der Waals surface area contributed by atoms with Gasteiger partial charge >= 0.3 is 0 Å². The Morgan fingerprint density at radius 2 is 2.11 bits per heavy atom. The van der Waals surface area contributed by atoms with Crippen molar-refractivity contribution in [3.8, 4) is 5.75 Å². The van der Waals surface area contributed by atoms with E-state index in [0.29, 0.717) is 18.5 Å². The van der Waals surface area contributed by atoms with Crippen LogP contribution >= 0.6 is 0 Å². The van der Waals surface area contributed by atoms with E-state index in [9.17, 15) is 0 Å². The maximum Gasteiger partial charge on any atom is 0.119 e. The minimum absolute atomic E-state index is 0.436. The lowest BCUT2D eigenvalue weighted by molar-refractivity contribution is 0.174. The van der Waals surface area contributed by atoms with Gasteiger partial charge < -0.3 is 10.5 Å². The summed E-state index contributed by atoms with van der Waals surface area (Å²) < 4.78 is 5.27. The Labute approximate surface area is 117 Å². The van der Waals surface area contributed by atoms with Crippen LogP contribution in [0.2, 0.25) is 0 Å². The van der Waals surface area contributed by atoms with Crippen molar-refractivity contribution < 1.29 is 4.74 Å². The molecule has 0 heterocycles. The fourth-order valence-corrected chi connectivity index (χ4v) is 2.67. The monoisotopic (exact) mass is 264 g/mol. The van der Waals surface area contributed by atoms with Crippen LogP contribution in [0.25, 0.3) is 0 Å². The number of rotatable bonds is 8. The van der Waals surface area contributed by atoms with E-state index in [-0.39, 0.29) is 0 Å².